The predicted octanol–water partition coefficient (Wildman–Crippen LogP) is 29.5. The largest absolute Gasteiger partial charge is 0.0616 e. The fraction of sp³-hybridized carbons (Fsp3) is 0.0566. The van der Waals surface area contributed by atoms with Gasteiger partial charge in [-0.15, -0.1) is 0 Å². The Labute approximate surface area is 617 Å². The number of fused-ring (bicyclic) bond motifs is 20. The van der Waals surface area contributed by atoms with Gasteiger partial charge in [0.15, 0.2) is 0 Å². The predicted molar refractivity (Wildman–Crippen MR) is 456 cm³/mol. The van der Waals surface area contributed by atoms with Crippen molar-refractivity contribution in [3.05, 3.63) is 386 Å². The molecule has 20 aromatic rings. The maximum atomic E-state index is 2.44. The van der Waals surface area contributed by atoms with Gasteiger partial charge in [-0.2, -0.15) is 0 Å². The Bertz CT molecular complexity index is 7130. The zero-order valence-corrected chi connectivity index (χ0v) is 59.6. The van der Waals surface area contributed by atoms with E-state index in [1.807, 2.05) is 0 Å². The Kier molecular flexibility index (Phi) is 13.8. The molecular weight excluding hydrogens is 1270 g/mol. The molecule has 0 fully saturated rings. The average Bonchev–Trinajstić information content (AvgIpc) is 1.52. The molecule has 22 rings (SSSR count). The molecule has 0 heterocycles. The Morgan fingerprint density at radius 3 is 1.08 bits per heavy atom. The molecule has 0 N–H and O–H groups in total. The van der Waals surface area contributed by atoms with Gasteiger partial charge in [-0.1, -0.05) is 307 Å². The van der Waals surface area contributed by atoms with E-state index in [4.69, 9.17) is 0 Å². The van der Waals surface area contributed by atoms with Crippen molar-refractivity contribution in [3.63, 3.8) is 0 Å². The van der Waals surface area contributed by atoms with Gasteiger partial charge in [-0.3, -0.25) is 0 Å². The van der Waals surface area contributed by atoms with E-state index >= 15 is 0 Å². The molecule has 0 aliphatic heterocycles. The monoisotopic (exact) mass is 1340 g/mol. The molecule has 2 aliphatic rings. The smallest absolute Gasteiger partial charge is 0.0165 e. The minimum absolute atomic E-state index is 0.0505. The highest BCUT2D eigenvalue weighted by Gasteiger charge is 2.39. The summed E-state index contributed by atoms with van der Waals surface area (Å²) in [4.78, 5) is 0. The maximum absolute atomic E-state index is 2.44. The van der Waals surface area contributed by atoms with Crippen molar-refractivity contribution in [1.82, 2.24) is 0 Å². The van der Waals surface area contributed by atoms with Gasteiger partial charge in [-0.05, 0) is 304 Å². The summed E-state index contributed by atoms with van der Waals surface area (Å²) in [6.07, 6.45) is 0. The highest BCUT2D eigenvalue weighted by Crippen LogP contribution is 2.55. The van der Waals surface area contributed by atoms with Crippen molar-refractivity contribution < 1.29 is 0 Å². The van der Waals surface area contributed by atoms with Crippen molar-refractivity contribution in [2.24, 2.45) is 0 Å². The molecule has 496 valence electrons. The third kappa shape index (κ3) is 9.96. The molecule has 0 spiro atoms. The lowest BCUT2D eigenvalue weighted by Gasteiger charge is -2.23. The van der Waals surface area contributed by atoms with E-state index in [9.17, 15) is 0 Å². The summed E-state index contributed by atoms with van der Waals surface area (Å²) in [5.74, 6) is 0. The van der Waals surface area contributed by atoms with Gasteiger partial charge in [-0.25, -0.2) is 0 Å². The van der Waals surface area contributed by atoms with Gasteiger partial charge in [0.2, 0.25) is 0 Å². The molecule has 0 nitrogen and oxygen atoms in total. The summed E-state index contributed by atoms with van der Waals surface area (Å²) < 4.78 is 0. The van der Waals surface area contributed by atoms with Gasteiger partial charge in [0.1, 0.15) is 0 Å². The van der Waals surface area contributed by atoms with Gasteiger partial charge in [0.25, 0.3) is 0 Å². The molecule has 0 bridgehead atoms. The Hall–Kier alpha value is -13.0. The molecule has 0 saturated carbocycles. The van der Waals surface area contributed by atoms with E-state index in [1.54, 1.807) is 0 Å². The summed E-state index contributed by atoms with van der Waals surface area (Å²) >= 11 is 0. The van der Waals surface area contributed by atoms with Crippen LogP contribution < -0.4 is 0 Å². The molecule has 0 heteroatoms. The van der Waals surface area contributed by atoms with Gasteiger partial charge in [0.05, 0.1) is 0 Å². The van der Waals surface area contributed by atoms with E-state index < -0.39 is 0 Å². The Balaban J connectivity index is 0.000000138. The van der Waals surface area contributed by atoms with Crippen LogP contribution in [0.25, 0.3) is 197 Å². The van der Waals surface area contributed by atoms with E-state index in [2.05, 4.69) is 392 Å². The SMILES string of the molecule is CC1(C)c2cc3ccccc3cc2-c2cc3ccc(-c4cccc(-c5ccc6cc(-c7ccc8ccccc8c7)ccc6c5)c4)cc3cc21.CC1(C)c2ccc3ccccc3c2-c2ccc3cc(-c4cccc(-c5ccc6cc(-c7cc8ccc9ccccc9c8c8ccccc78)ccc6c5)c4)ccc3c21. The summed E-state index contributed by atoms with van der Waals surface area (Å²) in [7, 11) is 0. The van der Waals surface area contributed by atoms with Crippen molar-refractivity contribution in [3.8, 4) is 89.0 Å². The lowest BCUT2D eigenvalue weighted by atomic mass is 9.80. The van der Waals surface area contributed by atoms with Gasteiger partial charge < -0.3 is 0 Å². The van der Waals surface area contributed by atoms with Crippen molar-refractivity contribution in [2.75, 3.05) is 0 Å². The quantitative estimate of drug-likeness (QED) is 0.146. The number of hydrogen-bond donors (Lipinski definition) is 0. The third-order valence-electron chi connectivity index (χ3n) is 23.9. The van der Waals surface area contributed by atoms with Crippen LogP contribution in [0.2, 0.25) is 0 Å². The standard InChI is InChI=1S/C57H38.C49H34/c1-57(2)53-29-26-36-11-4-6-15-47(36)55(53)51-28-25-43-32-42(24-27-48(43)56(51)57)38-13-9-12-37(30-38)39-19-20-41-33-44(22-21-40(41)31-39)52-34-45-23-18-35-10-3-5-14-46(35)54(45)50-17-8-7-16-49(50)52;1-49(2)47-29-36-11-6-5-10-35(36)27-45(47)46-28-43-21-20-42(26-44(43)30-48(46)49)34-13-7-12-33(23-34)37-16-17-41-25-40(19-18-39(41)24-37)38-15-14-31-8-3-4-9-32(31)22-38/h3-34H,1-2H3;3-30H,1-2H3. The summed E-state index contributed by atoms with van der Waals surface area (Å²) in [6, 6.07) is 136. The summed E-state index contributed by atoms with van der Waals surface area (Å²) in [5, 5.41) is 25.8. The zero-order chi connectivity index (χ0) is 70.5. The molecule has 20 aromatic carbocycles. The first kappa shape index (κ1) is 61.6. The molecule has 0 unspecified atom stereocenters. The van der Waals surface area contributed by atoms with Crippen LogP contribution >= 0.6 is 0 Å². The topological polar surface area (TPSA) is 0 Å². The van der Waals surface area contributed by atoms with Crippen LogP contribution in [0.5, 0.6) is 0 Å². The second kappa shape index (κ2) is 23.8. The normalized spacial score (nSPS) is 13.2. The van der Waals surface area contributed by atoms with E-state index in [-0.39, 0.29) is 10.8 Å². The van der Waals surface area contributed by atoms with Crippen LogP contribution in [0.3, 0.4) is 0 Å². The Morgan fingerprint density at radius 2 is 0.509 bits per heavy atom. The van der Waals surface area contributed by atoms with Crippen LogP contribution in [0.4, 0.5) is 0 Å². The number of benzene rings is 20. The van der Waals surface area contributed by atoms with Gasteiger partial charge in [0, 0.05) is 10.8 Å². The second-order valence-corrected chi connectivity index (χ2v) is 30.7. The van der Waals surface area contributed by atoms with E-state index in [1.165, 1.54) is 219 Å². The summed E-state index contributed by atoms with van der Waals surface area (Å²) in [5.41, 5.74) is 26.0. The van der Waals surface area contributed by atoms with Crippen LogP contribution in [0.1, 0.15) is 49.9 Å². The Morgan fingerprint density at radius 1 is 0.160 bits per heavy atom. The molecule has 0 amide bonds. The lowest BCUT2D eigenvalue weighted by molar-refractivity contribution is 0.662. The molecule has 0 saturated heterocycles. The second-order valence-electron chi connectivity index (χ2n) is 30.7. The molecule has 0 atom stereocenters. The van der Waals surface area contributed by atoms with Crippen LogP contribution in [0, 0.1) is 0 Å². The van der Waals surface area contributed by atoms with Gasteiger partial charge >= 0.3 is 0 Å². The van der Waals surface area contributed by atoms with Crippen molar-refractivity contribution >= 4 is 108 Å². The summed E-state index contributed by atoms with van der Waals surface area (Å²) in [6.45, 7) is 9.53. The molecular formula is C106H72. The fourth-order valence-electron chi connectivity index (χ4n) is 18.4. The number of rotatable bonds is 6. The highest BCUT2D eigenvalue weighted by molar-refractivity contribution is 6.23. The first-order valence-electron chi connectivity index (χ1n) is 37.3. The van der Waals surface area contributed by atoms with Crippen LogP contribution in [-0.4, -0.2) is 0 Å². The minimum Gasteiger partial charge on any atom is -0.0616 e. The van der Waals surface area contributed by atoms with Crippen molar-refractivity contribution in [1.29, 1.82) is 0 Å². The van der Waals surface area contributed by atoms with Crippen LogP contribution in [0.15, 0.2) is 364 Å². The maximum Gasteiger partial charge on any atom is 0.0165 e. The van der Waals surface area contributed by atoms with Crippen LogP contribution in [-0.2, 0) is 10.8 Å². The van der Waals surface area contributed by atoms with Crippen molar-refractivity contribution in [2.45, 2.75) is 38.5 Å². The third-order valence-corrected chi connectivity index (χ3v) is 23.9. The number of hydrogen-bond acceptors (Lipinski definition) is 0. The molecule has 0 radical (unpaired) electrons. The highest BCUT2D eigenvalue weighted by atomic mass is 14.4. The average molecular weight is 1350 g/mol. The zero-order valence-electron chi connectivity index (χ0n) is 59.6. The molecule has 0 aromatic heterocycles. The van der Waals surface area contributed by atoms with E-state index in [0.29, 0.717) is 0 Å². The minimum atomic E-state index is -0.0783. The van der Waals surface area contributed by atoms with E-state index in [0.717, 1.165) is 0 Å². The molecule has 2 aliphatic carbocycles. The molecule has 106 heavy (non-hydrogen) atoms. The lowest BCUT2D eigenvalue weighted by Crippen LogP contribution is -2.15. The first-order valence-corrected chi connectivity index (χ1v) is 37.3. The fourth-order valence-corrected chi connectivity index (χ4v) is 18.4. The first-order chi connectivity index (χ1) is 52.0.